The lowest BCUT2D eigenvalue weighted by atomic mass is 9.93. The van der Waals surface area contributed by atoms with Crippen LogP contribution in [0, 0.1) is 0 Å². The molecule has 5 heteroatoms. The molecule has 37 heavy (non-hydrogen) atoms. The molecule has 1 heterocycles. The number of fused-ring (bicyclic) bond motifs is 3. The van der Waals surface area contributed by atoms with E-state index in [1.165, 1.54) is 0 Å². The molecule has 3 aromatic rings. The molecule has 192 valence electrons. The Balaban J connectivity index is 1.44. The molecule has 1 fully saturated rings. The van der Waals surface area contributed by atoms with Crippen LogP contribution in [0.2, 0.25) is 0 Å². The molecule has 1 aliphatic heterocycles. The number of nitrogens with zero attached hydrogens (tertiary/aromatic N) is 2. The second-order valence-electron chi connectivity index (χ2n) is 10.2. The predicted octanol–water partition coefficient (Wildman–Crippen LogP) is 5.85. The monoisotopic (exact) mass is 495 g/mol. The third-order valence-electron chi connectivity index (χ3n) is 7.67. The smallest absolute Gasteiger partial charge is 0.251 e. The van der Waals surface area contributed by atoms with Crippen molar-refractivity contribution in [3.8, 4) is 11.1 Å². The Kier molecular flexibility index (Phi) is 7.59. The van der Waals surface area contributed by atoms with E-state index in [1.54, 1.807) is 0 Å². The van der Waals surface area contributed by atoms with Crippen LogP contribution in [-0.4, -0.2) is 48.9 Å². The van der Waals surface area contributed by atoms with Crippen molar-refractivity contribution in [1.82, 2.24) is 10.2 Å². The summed E-state index contributed by atoms with van der Waals surface area (Å²) in [5.41, 5.74) is 6.37. The van der Waals surface area contributed by atoms with E-state index < -0.39 is 0 Å². The standard InChI is InChI=1S/C32H37N3O2/c1-3-5-20-34(19-4-2)32(37)30-27-15-10-9-14-25(27)26-16-11-17-28(29(26)30)35-21-18-24(22-35)33-31(36)23-12-7-6-8-13-23/h6-17,24,30H,3-5,18-22H2,1-2H3,(H,33,36). The maximum absolute atomic E-state index is 14.2. The molecule has 1 aliphatic carbocycles. The average molecular weight is 496 g/mol. The Hall–Kier alpha value is -3.60. The van der Waals surface area contributed by atoms with Gasteiger partial charge in [0.25, 0.3) is 5.91 Å². The number of anilines is 1. The van der Waals surface area contributed by atoms with E-state index >= 15 is 0 Å². The number of hydrogen-bond donors (Lipinski definition) is 1. The molecule has 5 nitrogen and oxygen atoms in total. The van der Waals surface area contributed by atoms with Gasteiger partial charge in [0.2, 0.25) is 5.91 Å². The van der Waals surface area contributed by atoms with Crippen molar-refractivity contribution in [3.63, 3.8) is 0 Å². The van der Waals surface area contributed by atoms with E-state index in [9.17, 15) is 9.59 Å². The molecule has 2 unspecified atom stereocenters. The van der Waals surface area contributed by atoms with E-state index in [4.69, 9.17) is 0 Å². The molecule has 2 aliphatic rings. The molecule has 0 saturated carbocycles. The number of carbonyl (C=O) groups is 2. The van der Waals surface area contributed by atoms with Crippen LogP contribution < -0.4 is 10.2 Å². The lowest BCUT2D eigenvalue weighted by molar-refractivity contribution is -0.131. The summed E-state index contributed by atoms with van der Waals surface area (Å²) in [5, 5.41) is 3.22. The lowest BCUT2D eigenvalue weighted by Gasteiger charge is -2.29. The first-order valence-electron chi connectivity index (χ1n) is 13.7. The van der Waals surface area contributed by atoms with Crippen molar-refractivity contribution in [2.45, 2.75) is 51.5 Å². The molecule has 0 bridgehead atoms. The van der Waals surface area contributed by atoms with Gasteiger partial charge in [0, 0.05) is 49.0 Å². The third kappa shape index (κ3) is 5.00. The molecule has 1 N–H and O–H groups in total. The highest BCUT2D eigenvalue weighted by Gasteiger charge is 2.39. The van der Waals surface area contributed by atoms with Gasteiger partial charge in [-0.05, 0) is 54.2 Å². The predicted molar refractivity (Wildman–Crippen MR) is 150 cm³/mol. The third-order valence-corrected chi connectivity index (χ3v) is 7.67. The Labute approximate surface area is 220 Å². The molecular formula is C32H37N3O2. The zero-order valence-electron chi connectivity index (χ0n) is 22.0. The molecule has 0 radical (unpaired) electrons. The van der Waals surface area contributed by atoms with Crippen LogP contribution in [-0.2, 0) is 4.79 Å². The molecular weight excluding hydrogens is 458 g/mol. The molecule has 3 aromatic carbocycles. The highest BCUT2D eigenvalue weighted by Crippen LogP contribution is 2.50. The van der Waals surface area contributed by atoms with Crippen LogP contribution in [0.1, 0.15) is 66.9 Å². The van der Waals surface area contributed by atoms with Gasteiger partial charge in [0.15, 0.2) is 0 Å². The summed E-state index contributed by atoms with van der Waals surface area (Å²) in [6.07, 6.45) is 3.92. The first kappa shape index (κ1) is 25.1. The molecule has 5 rings (SSSR count). The van der Waals surface area contributed by atoms with Crippen LogP contribution in [0.3, 0.4) is 0 Å². The Morgan fingerprint density at radius 1 is 0.892 bits per heavy atom. The summed E-state index contributed by atoms with van der Waals surface area (Å²) in [6.45, 7) is 7.49. The molecule has 2 atom stereocenters. The summed E-state index contributed by atoms with van der Waals surface area (Å²) < 4.78 is 0. The number of nitrogens with one attached hydrogen (secondary N) is 1. The first-order chi connectivity index (χ1) is 18.1. The van der Waals surface area contributed by atoms with Crippen LogP contribution in [0.4, 0.5) is 5.69 Å². The van der Waals surface area contributed by atoms with Gasteiger partial charge in [0.05, 0.1) is 5.92 Å². The number of unbranched alkanes of at least 4 members (excludes halogenated alkanes) is 1. The number of amides is 2. The number of rotatable bonds is 9. The zero-order valence-corrected chi connectivity index (χ0v) is 22.0. The Bertz CT molecular complexity index is 1260. The van der Waals surface area contributed by atoms with Crippen molar-refractivity contribution in [2.75, 3.05) is 31.1 Å². The Morgan fingerprint density at radius 3 is 2.43 bits per heavy atom. The van der Waals surface area contributed by atoms with Gasteiger partial charge in [-0.2, -0.15) is 0 Å². The average Bonchev–Trinajstić information content (AvgIpc) is 3.53. The normalized spacial score (nSPS) is 17.8. The minimum absolute atomic E-state index is 0.0302. The van der Waals surface area contributed by atoms with Crippen LogP contribution in [0.15, 0.2) is 72.8 Å². The quantitative estimate of drug-likeness (QED) is 0.405. The van der Waals surface area contributed by atoms with Crippen LogP contribution >= 0.6 is 0 Å². The molecule has 2 amide bonds. The largest absolute Gasteiger partial charge is 0.369 e. The van der Waals surface area contributed by atoms with Crippen molar-refractivity contribution in [3.05, 3.63) is 89.5 Å². The van der Waals surface area contributed by atoms with Gasteiger partial charge in [-0.25, -0.2) is 0 Å². The van der Waals surface area contributed by atoms with E-state index in [0.717, 1.165) is 79.8 Å². The van der Waals surface area contributed by atoms with E-state index in [1.807, 2.05) is 36.4 Å². The van der Waals surface area contributed by atoms with Crippen molar-refractivity contribution < 1.29 is 9.59 Å². The fourth-order valence-electron chi connectivity index (χ4n) is 5.86. The molecule has 0 spiro atoms. The highest BCUT2D eigenvalue weighted by molar-refractivity contribution is 5.99. The fourth-order valence-corrected chi connectivity index (χ4v) is 5.86. The fraction of sp³-hybridized carbons (Fsp3) is 0.375. The van der Waals surface area contributed by atoms with Crippen molar-refractivity contribution >= 4 is 17.5 Å². The van der Waals surface area contributed by atoms with E-state index in [0.29, 0.717) is 5.56 Å². The van der Waals surface area contributed by atoms with Gasteiger partial charge in [-0.1, -0.05) is 74.9 Å². The summed E-state index contributed by atoms with van der Waals surface area (Å²) in [5.74, 6) is -0.108. The molecule has 0 aromatic heterocycles. The lowest BCUT2D eigenvalue weighted by Crippen LogP contribution is -2.38. The van der Waals surface area contributed by atoms with Crippen molar-refractivity contribution in [2.24, 2.45) is 0 Å². The van der Waals surface area contributed by atoms with Crippen LogP contribution in [0.25, 0.3) is 11.1 Å². The van der Waals surface area contributed by atoms with Gasteiger partial charge < -0.3 is 15.1 Å². The Morgan fingerprint density at radius 2 is 1.65 bits per heavy atom. The minimum atomic E-state index is -0.288. The van der Waals surface area contributed by atoms with Gasteiger partial charge in [0.1, 0.15) is 0 Å². The van der Waals surface area contributed by atoms with Gasteiger partial charge in [-0.15, -0.1) is 0 Å². The van der Waals surface area contributed by atoms with Gasteiger partial charge in [-0.3, -0.25) is 9.59 Å². The minimum Gasteiger partial charge on any atom is -0.369 e. The maximum atomic E-state index is 14.2. The molecule has 1 saturated heterocycles. The second-order valence-corrected chi connectivity index (χ2v) is 10.2. The summed E-state index contributed by atoms with van der Waals surface area (Å²) in [6, 6.07) is 24.3. The SMILES string of the molecule is CCCCN(CCC)C(=O)C1c2ccccc2-c2cccc(N3CCC(NC(=O)c4ccccc4)C3)c21. The summed E-state index contributed by atoms with van der Waals surface area (Å²) >= 11 is 0. The van der Waals surface area contributed by atoms with Crippen molar-refractivity contribution in [1.29, 1.82) is 0 Å². The van der Waals surface area contributed by atoms with E-state index in [2.05, 4.69) is 65.4 Å². The number of benzene rings is 3. The topological polar surface area (TPSA) is 52.7 Å². The first-order valence-corrected chi connectivity index (χ1v) is 13.7. The zero-order chi connectivity index (χ0) is 25.8. The van der Waals surface area contributed by atoms with Crippen LogP contribution in [0.5, 0.6) is 0 Å². The maximum Gasteiger partial charge on any atom is 0.251 e. The number of hydrogen-bond acceptors (Lipinski definition) is 3. The summed E-state index contributed by atoms with van der Waals surface area (Å²) in [4.78, 5) is 31.3. The second kappa shape index (κ2) is 11.2. The summed E-state index contributed by atoms with van der Waals surface area (Å²) in [7, 11) is 0. The number of carbonyl (C=O) groups excluding carboxylic acids is 2. The van der Waals surface area contributed by atoms with E-state index in [-0.39, 0.29) is 23.8 Å². The van der Waals surface area contributed by atoms with Gasteiger partial charge >= 0.3 is 0 Å². The highest BCUT2D eigenvalue weighted by atomic mass is 16.2.